The van der Waals surface area contributed by atoms with Crippen LogP contribution < -0.4 is 0 Å². The van der Waals surface area contributed by atoms with Crippen molar-refractivity contribution in [2.75, 3.05) is 13.2 Å². The smallest absolute Gasteiger partial charge is 0.306 e. The zero-order chi connectivity index (χ0) is 55.7. The van der Waals surface area contributed by atoms with E-state index in [-0.39, 0.29) is 31.1 Å². The standard InChI is InChI=1S/C71H116O6/c1-4-7-10-13-15-17-19-21-23-25-27-29-30-31-32-33-34-35-36-37-38-39-40-42-43-45-47-49-51-53-55-58-61-64-70(73)76-67-68(66-75-69(72)63-60-57-12-9-6-3)77-71(74)65-62-59-56-54-52-50-48-46-44-41-28-26-24-22-20-18-16-14-11-8-5-2/h7-8,10-11,15-18,21-24,27-29,31-32,34-35,41,46,48,68H,4-6,9,12-14,19-20,25-26,30,33,36-40,42-45,47,49-67H2,1-3H3/b10-7-,11-8-,17-15-,18-16-,23-21-,24-22-,29-27-,32-31-,35-34-,41-28-,48-46-. The molecule has 0 amide bonds. The maximum absolute atomic E-state index is 12.8. The average Bonchev–Trinajstić information content (AvgIpc) is 3.43. The molecule has 436 valence electrons. The van der Waals surface area contributed by atoms with Crippen molar-refractivity contribution in [2.45, 2.75) is 284 Å². The molecule has 0 saturated carbocycles. The molecule has 0 aromatic heterocycles. The Morgan fingerprint density at radius 3 is 0.792 bits per heavy atom. The van der Waals surface area contributed by atoms with Gasteiger partial charge in [-0.3, -0.25) is 14.4 Å². The van der Waals surface area contributed by atoms with Crippen molar-refractivity contribution in [3.05, 3.63) is 134 Å². The predicted octanol–water partition coefficient (Wildman–Crippen LogP) is 21.8. The highest BCUT2D eigenvalue weighted by Crippen LogP contribution is 2.16. The predicted molar refractivity (Wildman–Crippen MR) is 334 cm³/mol. The molecule has 0 fully saturated rings. The summed E-state index contributed by atoms with van der Waals surface area (Å²) in [6, 6.07) is 0. The van der Waals surface area contributed by atoms with Gasteiger partial charge in [-0.05, 0) is 116 Å². The quantitative estimate of drug-likeness (QED) is 0.0261. The van der Waals surface area contributed by atoms with E-state index >= 15 is 0 Å². The van der Waals surface area contributed by atoms with Gasteiger partial charge in [0.05, 0.1) is 0 Å². The van der Waals surface area contributed by atoms with Crippen LogP contribution in [0.25, 0.3) is 0 Å². The van der Waals surface area contributed by atoms with Crippen molar-refractivity contribution in [1.29, 1.82) is 0 Å². The average molecular weight is 1070 g/mol. The van der Waals surface area contributed by atoms with E-state index < -0.39 is 6.10 Å². The van der Waals surface area contributed by atoms with E-state index in [2.05, 4.69) is 154 Å². The Bertz CT molecular complexity index is 1650. The molecule has 1 atom stereocenters. The number of hydrogen-bond donors (Lipinski definition) is 0. The molecule has 0 heterocycles. The van der Waals surface area contributed by atoms with Crippen molar-refractivity contribution >= 4 is 17.9 Å². The van der Waals surface area contributed by atoms with Crippen LogP contribution in [0.3, 0.4) is 0 Å². The molecule has 0 bridgehead atoms. The Morgan fingerprint density at radius 1 is 0.273 bits per heavy atom. The highest BCUT2D eigenvalue weighted by molar-refractivity contribution is 5.71. The third kappa shape index (κ3) is 62.3. The lowest BCUT2D eigenvalue weighted by molar-refractivity contribution is -0.167. The first kappa shape index (κ1) is 72.5. The Kier molecular flexibility index (Phi) is 60.4. The number of ether oxygens (including phenoxy) is 3. The van der Waals surface area contributed by atoms with Crippen LogP contribution in [-0.4, -0.2) is 37.2 Å². The zero-order valence-electron chi connectivity index (χ0n) is 49.9. The number of carbonyl (C=O) groups excluding carboxylic acids is 3. The van der Waals surface area contributed by atoms with E-state index in [1.165, 1.54) is 83.5 Å². The molecule has 0 aliphatic rings. The highest BCUT2D eigenvalue weighted by Gasteiger charge is 2.19. The molecule has 1 unspecified atom stereocenters. The van der Waals surface area contributed by atoms with Crippen molar-refractivity contribution in [1.82, 2.24) is 0 Å². The SMILES string of the molecule is CC/C=C\C/C=C\C/C=C\C/C=C\C/C=C\C/C=C\CCCCCCCCCCCCCCCCC(=O)OCC(COC(=O)CCCCCCC)OC(=O)CCCCCCC/C=C\C/C=C\C/C=C\C/C=C\C/C=C\CC. The number of esters is 3. The van der Waals surface area contributed by atoms with Crippen molar-refractivity contribution in [3.8, 4) is 0 Å². The third-order valence-electron chi connectivity index (χ3n) is 13.2. The van der Waals surface area contributed by atoms with Crippen molar-refractivity contribution < 1.29 is 28.6 Å². The number of rotatable bonds is 56. The van der Waals surface area contributed by atoms with Gasteiger partial charge in [0.2, 0.25) is 0 Å². The third-order valence-corrected chi connectivity index (χ3v) is 13.2. The summed E-state index contributed by atoms with van der Waals surface area (Å²) < 4.78 is 16.7. The van der Waals surface area contributed by atoms with Gasteiger partial charge < -0.3 is 14.2 Å². The molecule has 6 nitrogen and oxygen atoms in total. The summed E-state index contributed by atoms with van der Waals surface area (Å²) in [5, 5.41) is 0. The Labute approximate surface area is 475 Å². The highest BCUT2D eigenvalue weighted by atomic mass is 16.6. The van der Waals surface area contributed by atoms with E-state index in [1.807, 2.05) is 0 Å². The molecule has 0 rings (SSSR count). The lowest BCUT2D eigenvalue weighted by Gasteiger charge is -2.18. The van der Waals surface area contributed by atoms with E-state index in [9.17, 15) is 14.4 Å². The fourth-order valence-electron chi connectivity index (χ4n) is 8.47. The number of carbonyl (C=O) groups is 3. The van der Waals surface area contributed by atoms with E-state index in [0.29, 0.717) is 19.3 Å². The molecule has 6 heteroatoms. The van der Waals surface area contributed by atoms with Crippen LogP contribution in [0, 0.1) is 0 Å². The van der Waals surface area contributed by atoms with Crippen LogP contribution >= 0.6 is 0 Å². The Balaban J connectivity index is 4.05. The van der Waals surface area contributed by atoms with Crippen LogP contribution in [0.4, 0.5) is 0 Å². The van der Waals surface area contributed by atoms with Gasteiger partial charge in [0.25, 0.3) is 0 Å². The first-order valence-corrected chi connectivity index (χ1v) is 31.7. The molecule has 0 spiro atoms. The van der Waals surface area contributed by atoms with Gasteiger partial charge >= 0.3 is 17.9 Å². The number of unbranched alkanes of at least 4 members (excludes halogenated alkanes) is 23. The van der Waals surface area contributed by atoms with Gasteiger partial charge in [0, 0.05) is 19.3 Å². The van der Waals surface area contributed by atoms with Gasteiger partial charge in [0.15, 0.2) is 6.10 Å². The van der Waals surface area contributed by atoms with Crippen LogP contribution in [0.1, 0.15) is 278 Å². The Morgan fingerprint density at radius 2 is 0.506 bits per heavy atom. The molecule has 0 aromatic rings. The molecular weight excluding hydrogens is 949 g/mol. The molecule has 0 aliphatic heterocycles. The molecule has 0 aliphatic carbocycles. The second-order valence-corrected chi connectivity index (χ2v) is 20.6. The van der Waals surface area contributed by atoms with E-state index in [0.717, 1.165) is 154 Å². The molecule has 0 N–H and O–H groups in total. The maximum Gasteiger partial charge on any atom is 0.306 e. The summed E-state index contributed by atoms with van der Waals surface area (Å²) in [6.07, 6.45) is 90.8. The molecule has 0 radical (unpaired) electrons. The van der Waals surface area contributed by atoms with Crippen LogP contribution in [-0.2, 0) is 28.6 Å². The molecule has 0 aromatic carbocycles. The van der Waals surface area contributed by atoms with Gasteiger partial charge in [-0.25, -0.2) is 0 Å². The van der Waals surface area contributed by atoms with Gasteiger partial charge in [-0.2, -0.15) is 0 Å². The minimum atomic E-state index is -0.788. The lowest BCUT2D eigenvalue weighted by Crippen LogP contribution is -2.30. The topological polar surface area (TPSA) is 78.9 Å². The van der Waals surface area contributed by atoms with Crippen LogP contribution in [0.2, 0.25) is 0 Å². The lowest BCUT2D eigenvalue weighted by atomic mass is 10.0. The van der Waals surface area contributed by atoms with Crippen molar-refractivity contribution in [3.63, 3.8) is 0 Å². The molecule has 77 heavy (non-hydrogen) atoms. The Hall–Kier alpha value is -4.45. The van der Waals surface area contributed by atoms with E-state index in [1.54, 1.807) is 0 Å². The minimum absolute atomic E-state index is 0.0881. The second kappa shape index (κ2) is 64.1. The first-order chi connectivity index (χ1) is 38.0. The first-order valence-electron chi connectivity index (χ1n) is 31.7. The zero-order valence-corrected chi connectivity index (χ0v) is 49.9. The largest absolute Gasteiger partial charge is 0.462 e. The maximum atomic E-state index is 12.8. The van der Waals surface area contributed by atoms with Gasteiger partial charge in [-0.15, -0.1) is 0 Å². The summed E-state index contributed by atoms with van der Waals surface area (Å²) in [4.78, 5) is 37.9. The fraction of sp³-hybridized carbons (Fsp3) is 0.648. The normalized spacial score (nSPS) is 13.0. The monoisotopic (exact) mass is 1060 g/mol. The summed E-state index contributed by atoms with van der Waals surface area (Å²) in [5.41, 5.74) is 0. The number of allylic oxidation sites excluding steroid dienone is 22. The molecule has 0 saturated heterocycles. The minimum Gasteiger partial charge on any atom is -0.462 e. The second-order valence-electron chi connectivity index (χ2n) is 20.6. The molecular formula is C71H116O6. The van der Waals surface area contributed by atoms with Gasteiger partial charge in [-0.1, -0.05) is 276 Å². The summed E-state index contributed by atoms with van der Waals surface area (Å²) in [7, 11) is 0. The van der Waals surface area contributed by atoms with E-state index in [4.69, 9.17) is 14.2 Å². The fourth-order valence-corrected chi connectivity index (χ4v) is 8.47. The van der Waals surface area contributed by atoms with Crippen molar-refractivity contribution in [2.24, 2.45) is 0 Å². The summed E-state index contributed by atoms with van der Waals surface area (Å²) in [6.45, 7) is 6.31. The number of hydrogen-bond acceptors (Lipinski definition) is 6. The summed E-state index contributed by atoms with van der Waals surface area (Å²) in [5.74, 6) is -0.921. The van der Waals surface area contributed by atoms with Crippen LogP contribution in [0.5, 0.6) is 0 Å². The van der Waals surface area contributed by atoms with Crippen LogP contribution in [0.15, 0.2) is 134 Å². The summed E-state index contributed by atoms with van der Waals surface area (Å²) >= 11 is 0. The van der Waals surface area contributed by atoms with Gasteiger partial charge in [0.1, 0.15) is 13.2 Å².